The van der Waals surface area contributed by atoms with E-state index in [4.69, 9.17) is 0 Å². The van der Waals surface area contributed by atoms with Crippen molar-refractivity contribution in [3.63, 3.8) is 0 Å². The average Bonchev–Trinajstić information content (AvgIpc) is 2.44. The number of nitrogens with one attached hydrogen (secondary N) is 2. The van der Waals surface area contributed by atoms with Gasteiger partial charge in [-0.25, -0.2) is 4.39 Å². The summed E-state index contributed by atoms with van der Waals surface area (Å²) < 4.78 is 12.7. The van der Waals surface area contributed by atoms with Gasteiger partial charge in [0, 0.05) is 25.0 Å². The van der Waals surface area contributed by atoms with Gasteiger partial charge in [-0.1, -0.05) is 6.08 Å². The molecule has 0 unspecified atom stereocenters. The predicted octanol–water partition coefficient (Wildman–Crippen LogP) is 2.66. The van der Waals surface area contributed by atoms with Crippen molar-refractivity contribution in [3.05, 3.63) is 42.7 Å². The van der Waals surface area contributed by atoms with Crippen LogP contribution in [0.25, 0.3) is 0 Å². The van der Waals surface area contributed by atoms with E-state index < -0.39 is 0 Å². The van der Waals surface area contributed by atoms with E-state index in [1.165, 1.54) is 12.1 Å². The lowest BCUT2D eigenvalue weighted by atomic mass is 10.4. The highest BCUT2D eigenvalue weighted by molar-refractivity contribution is 7.99. The molecule has 0 saturated heterocycles. The third-order valence-electron chi connectivity index (χ3n) is 2.33. The van der Waals surface area contributed by atoms with Gasteiger partial charge in [0.25, 0.3) is 0 Å². The summed E-state index contributed by atoms with van der Waals surface area (Å²) in [5, 5.41) is 6.32. The summed E-state index contributed by atoms with van der Waals surface area (Å²) in [4.78, 5) is 5.18. The van der Waals surface area contributed by atoms with Crippen LogP contribution >= 0.6 is 11.8 Å². The Morgan fingerprint density at radius 3 is 2.74 bits per heavy atom. The maximum atomic E-state index is 12.7. The number of benzene rings is 1. The van der Waals surface area contributed by atoms with Crippen molar-refractivity contribution in [2.45, 2.75) is 11.3 Å². The van der Waals surface area contributed by atoms with Crippen molar-refractivity contribution in [3.8, 4) is 0 Å². The van der Waals surface area contributed by atoms with E-state index >= 15 is 0 Å². The quantitative estimate of drug-likeness (QED) is 0.265. The fraction of sp³-hybridized carbons (Fsp3) is 0.357. The number of aliphatic imine (C=N–C) groups is 1. The molecule has 0 aromatic heterocycles. The molecular formula is C14H20FN3S. The molecule has 3 nitrogen and oxygen atoms in total. The molecule has 0 atom stereocenters. The molecule has 0 amide bonds. The van der Waals surface area contributed by atoms with Crippen molar-refractivity contribution in [1.82, 2.24) is 10.6 Å². The van der Waals surface area contributed by atoms with Gasteiger partial charge in [0.1, 0.15) is 5.82 Å². The van der Waals surface area contributed by atoms with Gasteiger partial charge in [0.05, 0.1) is 0 Å². The van der Waals surface area contributed by atoms with Gasteiger partial charge in [0.15, 0.2) is 5.96 Å². The molecule has 19 heavy (non-hydrogen) atoms. The minimum Gasteiger partial charge on any atom is -0.356 e. The molecular weight excluding hydrogens is 261 g/mol. The summed E-state index contributed by atoms with van der Waals surface area (Å²) >= 11 is 1.72. The first-order chi connectivity index (χ1) is 9.26. The van der Waals surface area contributed by atoms with Crippen LogP contribution in [0.2, 0.25) is 0 Å². The Balaban J connectivity index is 2.13. The Kier molecular flexibility index (Phi) is 7.74. The van der Waals surface area contributed by atoms with Crippen molar-refractivity contribution in [1.29, 1.82) is 0 Å². The number of rotatable bonds is 7. The minimum atomic E-state index is -0.192. The zero-order valence-electron chi connectivity index (χ0n) is 11.2. The normalized spacial score (nSPS) is 11.2. The zero-order valence-corrected chi connectivity index (χ0v) is 12.0. The molecule has 0 radical (unpaired) electrons. The Hall–Kier alpha value is -1.49. The van der Waals surface area contributed by atoms with Crippen LogP contribution in [0.4, 0.5) is 4.39 Å². The molecule has 104 valence electrons. The zero-order chi connectivity index (χ0) is 13.9. The third kappa shape index (κ3) is 6.86. The fourth-order valence-electron chi connectivity index (χ4n) is 1.39. The molecule has 0 spiro atoms. The molecule has 0 aliphatic carbocycles. The highest BCUT2D eigenvalue weighted by Gasteiger charge is 1.97. The van der Waals surface area contributed by atoms with Gasteiger partial charge in [-0.05, 0) is 36.4 Å². The summed E-state index contributed by atoms with van der Waals surface area (Å²) in [5.41, 5.74) is 0. The van der Waals surface area contributed by atoms with E-state index in [0.717, 1.165) is 29.6 Å². The van der Waals surface area contributed by atoms with Gasteiger partial charge < -0.3 is 10.6 Å². The van der Waals surface area contributed by atoms with E-state index in [1.807, 2.05) is 0 Å². The summed E-state index contributed by atoms with van der Waals surface area (Å²) in [6.07, 6.45) is 2.80. The van der Waals surface area contributed by atoms with E-state index in [-0.39, 0.29) is 5.82 Å². The molecule has 5 heteroatoms. The largest absolute Gasteiger partial charge is 0.356 e. The number of thioether (sulfide) groups is 1. The van der Waals surface area contributed by atoms with E-state index in [1.54, 1.807) is 37.0 Å². The van der Waals surface area contributed by atoms with Gasteiger partial charge >= 0.3 is 0 Å². The molecule has 1 aromatic carbocycles. The van der Waals surface area contributed by atoms with Gasteiger partial charge in [-0.3, -0.25) is 4.99 Å². The van der Waals surface area contributed by atoms with Crippen LogP contribution in [0.1, 0.15) is 6.42 Å². The molecule has 1 aromatic rings. The Bertz CT molecular complexity index is 404. The number of guanidine groups is 1. The first kappa shape index (κ1) is 15.6. The summed E-state index contributed by atoms with van der Waals surface area (Å²) in [7, 11) is 1.74. The second kappa shape index (κ2) is 9.44. The minimum absolute atomic E-state index is 0.192. The van der Waals surface area contributed by atoms with E-state index in [2.05, 4.69) is 22.2 Å². The lowest BCUT2D eigenvalue weighted by Crippen LogP contribution is -2.37. The molecule has 0 fully saturated rings. The average molecular weight is 281 g/mol. The van der Waals surface area contributed by atoms with Crippen LogP contribution in [0.15, 0.2) is 46.8 Å². The summed E-state index contributed by atoms with van der Waals surface area (Å²) in [6.45, 7) is 5.19. The third-order valence-corrected chi connectivity index (χ3v) is 3.43. The number of halogens is 1. The molecule has 0 aliphatic rings. The maximum Gasteiger partial charge on any atom is 0.191 e. The Morgan fingerprint density at radius 2 is 2.11 bits per heavy atom. The van der Waals surface area contributed by atoms with Crippen LogP contribution in [-0.2, 0) is 0 Å². The monoisotopic (exact) mass is 281 g/mol. The van der Waals surface area contributed by atoms with Crippen LogP contribution < -0.4 is 10.6 Å². The molecule has 0 heterocycles. The highest BCUT2D eigenvalue weighted by atomic mass is 32.2. The number of nitrogens with zero attached hydrogens (tertiary/aromatic N) is 1. The predicted molar refractivity (Wildman–Crippen MR) is 81.3 cm³/mol. The first-order valence-corrected chi connectivity index (χ1v) is 7.18. The number of hydrogen-bond acceptors (Lipinski definition) is 2. The van der Waals surface area contributed by atoms with Gasteiger partial charge in [-0.2, -0.15) is 0 Å². The van der Waals surface area contributed by atoms with Crippen LogP contribution in [-0.4, -0.2) is 31.8 Å². The van der Waals surface area contributed by atoms with Crippen molar-refractivity contribution >= 4 is 17.7 Å². The molecule has 1 rings (SSSR count). The SMILES string of the molecule is C=CCNC(=NC)NCCCSc1ccc(F)cc1. The van der Waals surface area contributed by atoms with E-state index in [9.17, 15) is 4.39 Å². The van der Waals surface area contributed by atoms with Crippen LogP contribution in [0.3, 0.4) is 0 Å². The van der Waals surface area contributed by atoms with Crippen molar-refractivity contribution < 1.29 is 4.39 Å². The number of hydrogen-bond donors (Lipinski definition) is 2. The lowest BCUT2D eigenvalue weighted by molar-refractivity contribution is 0.626. The van der Waals surface area contributed by atoms with Gasteiger partial charge in [0.2, 0.25) is 0 Å². The fourth-order valence-corrected chi connectivity index (χ4v) is 2.24. The summed E-state index contributed by atoms with van der Waals surface area (Å²) in [6, 6.07) is 6.58. The standard InChI is InChI=1S/C14H20FN3S/c1-3-9-17-14(16-2)18-10-4-11-19-13-7-5-12(15)6-8-13/h3,5-8H,1,4,9-11H2,2H3,(H2,16,17,18). The Morgan fingerprint density at radius 1 is 1.37 bits per heavy atom. The topological polar surface area (TPSA) is 36.4 Å². The van der Waals surface area contributed by atoms with Gasteiger partial charge in [-0.15, -0.1) is 18.3 Å². The molecule has 0 saturated carbocycles. The van der Waals surface area contributed by atoms with Crippen molar-refractivity contribution in [2.24, 2.45) is 4.99 Å². The molecule has 0 bridgehead atoms. The first-order valence-electron chi connectivity index (χ1n) is 6.20. The summed E-state index contributed by atoms with van der Waals surface area (Å²) in [5.74, 6) is 1.58. The molecule has 2 N–H and O–H groups in total. The smallest absolute Gasteiger partial charge is 0.191 e. The second-order valence-corrected chi connectivity index (χ2v) is 4.99. The van der Waals surface area contributed by atoms with Crippen molar-refractivity contribution in [2.75, 3.05) is 25.9 Å². The van der Waals surface area contributed by atoms with E-state index in [0.29, 0.717) is 6.54 Å². The van der Waals surface area contributed by atoms with Crippen LogP contribution in [0.5, 0.6) is 0 Å². The molecule has 0 aliphatic heterocycles. The highest BCUT2D eigenvalue weighted by Crippen LogP contribution is 2.18. The Labute approximate surface area is 118 Å². The van der Waals surface area contributed by atoms with Crippen LogP contribution in [0, 0.1) is 5.82 Å². The lowest BCUT2D eigenvalue weighted by Gasteiger charge is -2.10. The second-order valence-electron chi connectivity index (χ2n) is 3.82. The maximum absolute atomic E-state index is 12.7.